The third-order valence-electron chi connectivity index (χ3n) is 2.86. The molecule has 2 aromatic rings. The number of hydrogen-bond donors (Lipinski definition) is 2. The molecule has 2 N–H and O–H groups in total. The Morgan fingerprint density at radius 1 is 1.25 bits per heavy atom. The summed E-state index contributed by atoms with van der Waals surface area (Å²) in [5.74, 6) is 1.94. The van der Waals surface area contributed by atoms with Gasteiger partial charge in [0, 0.05) is 11.0 Å². The minimum atomic E-state index is -0.177. The zero-order valence-corrected chi connectivity index (χ0v) is 12.9. The molecule has 0 bridgehead atoms. The van der Waals surface area contributed by atoms with Crippen LogP contribution in [-0.2, 0) is 5.41 Å². The summed E-state index contributed by atoms with van der Waals surface area (Å²) >= 11 is 6.19. The molecule has 7 nitrogen and oxygen atoms in total. The first-order chi connectivity index (χ1) is 9.29. The van der Waals surface area contributed by atoms with E-state index in [-0.39, 0.29) is 11.5 Å². The molecule has 0 amide bonds. The average Bonchev–Trinajstić information content (AvgIpc) is 2.87. The number of anilines is 1. The van der Waals surface area contributed by atoms with Crippen molar-refractivity contribution in [3.05, 3.63) is 22.4 Å². The van der Waals surface area contributed by atoms with Gasteiger partial charge in [-0.1, -0.05) is 37.6 Å². The molecule has 1 unspecified atom stereocenters. The molecule has 108 valence electrons. The molecule has 20 heavy (non-hydrogen) atoms. The summed E-state index contributed by atoms with van der Waals surface area (Å²) in [5, 5.41) is 17.6. The number of aromatic amines is 1. The fourth-order valence-electron chi connectivity index (χ4n) is 1.59. The van der Waals surface area contributed by atoms with Crippen LogP contribution >= 0.6 is 11.6 Å². The van der Waals surface area contributed by atoms with Gasteiger partial charge in [0.25, 0.3) is 0 Å². The Morgan fingerprint density at radius 3 is 2.50 bits per heavy atom. The smallest absolute Gasteiger partial charge is 0.196 e. The number of aromatic nitrogens is 6. The second-order valence-corrected chi connectivity index (χ2v) is 6.06. The molecular formula is C12H18ClN7. The molecule has 0 aliphatic carbocycles. The lowest BCUT2D eigenvalue weighted by Crippen LogP contribution is -2.19. The number of hydrogen-bond acceptors (Lipinski definition) is 6. The van der Waals surface area contributed by atoms with Crippen molar-refractivity contribution in [2.45, 2.75) is 46.1 Å². The highest BCUT2D eigenvalue weighted by Crippen LogP contribution is 2.27. The van der Waals surface area contributed by atoms with E-state index in [1.807, 2.05) is 34.6 Å². The van der Waals surface area contributed by atoms with E-state index in [0.717, 1.165) is 5.56 Å². The fourth-order valence-corrected chi connectivity index (χ4v) is 1.76. The molecule has 0 aliphatic rings. The summed E-state index contributed by atoms with van der Waals surface area (Å²) in [7, 11) is 0. The number of nitrogens with one attached hydrogen (secondary N) is 2. The maximum absolute atomic E-state index is 6.19. The number of halogens is 1. The quantitative estimate of drug-likeness (QED) is 0.845. The SMILES string of the molecule is Cc1c(Cl)nc(C(C)(C)C)nc1NC(C)c1nn[nH]n1. The van der Waals surface area contributed by atoms with Gasteiger partial charge in [-0.15, -0.1) is 10.2 Å². The highest BCUT2D eigenvalue weighted by Gasteiger charge is 2.22. The second-order valence-electron chi connectivity index (χ2n) is 5.70. The summed E-state index contributed by atoms with van der Waals surface area (Å²) in [4.78, 5) is 8.90. The predicted octanol–water partition coefficient (Wildman–Crippen LogP) is 2.42. The van der Waals surface area contributed by atoms with E-state index in [9.17, 15) is 0 Å². The summed E-state index contributed by atoms with van der Waals surface area (Å²) in [5.41, 5.74) is 0.624. The topological polar surface area (TPSA) is 92.3 Å². The minimum Gasteiger partial charge on any atom is -0.360 e. The number of rotatable bonds is 3. The Kier molecular flexibility index (Phi) is 3.89. The van der Waals surface area contributed by atoms with E-state index >= 15 is 0 Å². The third kappa shape index (κ3) is 3.04. The van der Waals surface area contributed by atoms with Gasteiger partial charge in [0.2, 0.25) is 0 Å². The third-order valence-corrected chi connectivity index (χ3v) is 3.23. The Morgan fingerprint density at radius 2 is 1.95 bits per heavy atom. The van der Waals surface area contributed by atoms with Crippen molar-refractivity contribution in [2.75, 3.05) is 5.32 Å². The number of nitrogens with zero attached hydrogens (tertiary/aromatic N) is 5. The second kappa shape index (κ2) is 5.32. The summed E-state index contributed by atoms with van der Waals surface area (Å²) < 4.78 is 0. The van der Waals surface area contributed by atoms with Crippen molar-refractivity contribution >= 4 is 17.4 Å². The summed E-state index contributed by atoms with van der Waals surface area (Å²) in [6.07, 6.45) is 0. The number of H-pyrrole nitrogens is 1. The van der Waals surface area contributed by atoms with E-state index < -0.39 is 0 Å². The van der Waals surface area contributed by atoms with E-state index in [1.54, 1.807) is 0 Å². The number of tetrazole rings is 1. The van der Waals surface area contributed by atoms with Crippen LogP contribution in [0.2, 0.25) is 5.15 Å². The van der Waals surface area contributed by atoms with Crippen LogP contribution in [0, 0.1) is 6.92 Å². The largest absolute Gasteiger partial charge is 0.360 e. The molecule has 0 aliphatic heterocycles. The molecule has 0 saturated carbocycles. The van der Waals surface area contributed by atoms with Crippen LogP contribution in [0.3, 0.4) is 0 Å². The van der Waals surface area contributed by atoms with E-state index in [4.69, 9.17) is 11.6 Å². The van der Waals surface area contributed by atoms with Crippen molar-refractivity contribution in [1.82, 2.24) is 30.6 Å². The van der Waals surface area contributed by atoms with Crippen molar-refractivity contribution in [3.63, 3.8) is 0 Å². The molecule has 1 atom stereocenters. The van der Waals surface area contributed by atoms with Gasteiger partial charge in [0.15, 0.2) is 5.82 Å². The van der Waals surface area contributed by atoms with Crippen LogP contribution in [0.5, 0.6) is 0 Å². The first-order valence-electron chi connectivity index (χ1n) is 6.33. The highest BCUT2D eigenvalue weighted by atomic mass is 35.5. The van der Waals surface area contributed by atoms with Crippen LogP contribution in [-0.4, -0.2) is 30.6 Å². The van der Waals surface area contributed by atoms with Crippen LogP contribution in [0.1, 0.15) is 50.9 Å². The summed E-state index contributed by atoms with van der Waals surface area (Å²) in [6, 6.07) is -0.133. The van der Waals surface area contributed by atoms with Gasteiger partial charge in [0.1, 0.15) is 16.8 Å². The van der Waals surface area contributed by atoms with Crippen molar-refractivity contribution in [2.24, 2.45) is 0 Å². The van der Waals surface area contributed by atoms with Crippen LogP contribution in [0.25, 0.3) is 0 Å². The van der Waals surface area contributed by atoms with Crippen molar-refractivity contribution in [3.8, 4) is 0 Å². The highest BCUT2D eigenvalue weighted by molar-refractivity contribution is 6.30. The van der Waals surface area contributed by atoms with Gasteiger partial charge < -0.3 is 5.32 Å². The lowest BCUT2D eigenvalue weighted by Gasteiger charge is -2.20. The van der Waals surface area contributed by atoms with Crippen molar-refractivity contribution in [1.29, 1.82) is 0 Å². The maximum atomic E-state index is 6.19. The molecule has 8 heteroatoms. The predicted molar refractivity (Wildman–Crippen MR) is 76.7 cm³/mol. The lowest BCUT2D eigenvalue weighted by atomic mass is 9.95. The Labute approximate surface area is 122 Å². The summed E-state index contributed by atoms with van der Waals surface area (Å²) in [6.45, 7) is 9.93. The normalized spacial score (nSPS) is 13.3. The first kappa shape index (κ1) is 14.6. The molecule has 0 radical (unpaired) electrons. The molecule has 0 spiro atoms. The average molecular weight is 296 g/mol. The maximum Gasteiger partial charge on any atom is 0.196 e. The van der Waals surface area contributed by atoms with Crippen molar-refractivity contribution < 1.29 is 0 Å². The monoisotopic (exact) mass is 295 g/mol. The van der Waals surface area contributed by atoms with Crippen LogP contribution in [0.15, 0.2) is 0 Å². The van der Waals surface area contributed by atoms with Gasteiger partial charge >= 0.3 is 0 Å². The van der Waals surface area contributed by atoms with E-state index in [2.05, 4.69) is 35.9 Å². The Bertz CT molecular complexity index is 589. The standard InChI is InChI=1S/C12H18ClN7/c1-6-8(13)15-11(12(3,4)5)16-9(6)14-7(2)10-17-19-20-18-10/h7H,1-5H3,(H,14,15,16)(H,17,18,19,20). The van der Waals surface area contributed by atoms with Gasteiger partial charge in [-0.25, -0.2) is 9.97 Å². The van der Waals surface area contributed by atoms with Gasteiger partial charge in [-0.3, -0.25) is 0 Å². The minimum absolute atomic E-state index is 0.133. The molecule has 2 heterocycles. The molecule has 0 saturated heterocycles. The lowest BCUT2D eigenvalue weighted by molar-refractivity contribution is 0.544. The van der Waals surface area contributed by atoms with Gasteiger partial charge in [-0.2, -0.15) is 5.21 Å². The van der Waals surface area contributed by atoms with Gasteiger partial charge in [-0.05, 0) is 13.8 Å². The molecule has 2 rings (SSSR count). The first-order valence-corrected chi connectivity index (χ1v) is 6.71. The van der Waals surface area contributed by atoms with E-state index in [1.165, 1.54) is 0 Å². The molecule has 0 aromatic carbocycles. The Hall–Kier alpha value is -1.76. The molecule has 2 aromatic heterocycles. The molecule has 0 fully saturated rings. The fraction of sp³-hybridized carbons (Fsp3) is 0.583. The Balaban J connectivity index is 2.34. The van der Waals surface area contributed by atoms with E-state index in [0.29, 0.717) is 22.6 Å². The molecular weight excluding hydrogens is 278 g/mol. The van der Waals surface area contributed by atoms with Gasteiger partial charge in [0.05, 0.1) is 6.04 Å². The van der Waals surface area contributed by atoms with Crippen LogP contribution < -0.4 is 5.32 Å². The zero-order valence-electron chi connectivity index (χ0n) is 12.2. The zero-order chi connectivity index (χ0) is 14.9. The van der Waals surface area contributed by atoms with Crippen LogP contribution in [0.4, 0.5) is 5.82 Å².